The summed E-state index contributed by atoms with van der Waals surface area (Å²) in [5.74, 6) is 0.447. The van der Waals surface area contributed by atoms with Gasteiger partial charge in [0.05, 0.1) is 10.1 Å². The predicted molar refractivity (Wildman–Crippen MR) is 128 cm³/mol. The first-order valence-corrected chi connectivity index (χ1v) is 12.8. The number of sulfonamides is 1. The lowest BCUT2D eigenvalue weighted by Gasteiger charge is -2.16. The lowest BCUT2D eigenvalue weighted by Crippen LogP contribution is -2.24. The number of amides is 1. The molecule has 0 aliphatic rings. The number of hydrogen-bond acceptors (Lipinski definition) is 7. The summed E-state index contributed by atoms with van der Waals surface area (Å²) in [4.78, 5) is 24.3. The minimum atomic E-state index is -3.59. The first-order chi connectivity index (χ1) is 14.4. The second-order valence-corrected chi connectivity index (χ2v) is 12.2. The van der Waals surface area contributed by atoms with Crippen LogP contribution in [0, 0.1) is 27.7 Å². The van der Waals surface area contributed by atoms with Gasteiger partial charge in [0.2, 0.25) is 15.9 Å². The number of nitrogens with one attached hydrogen (secondary N) is 1. The number of aryl methyl sites for hydroxylation is 4. The molecule has 0 radical (unpaired) electrons. The molecule has 1 amide bonds. The summed E-state index contributed by atoms with van der Waals surface area (Å²) in [6.07, 6.45) is 0. The van der Waals surface area contributed by atoms with Gasteiger partial charge in [-0.25, -0.2) is 22.7 Å². The minimum Gasteiger partial charge on any atom is -0.325 e. The highest BCUT2D eigenvalue weighted by Gasteiger charge is 2.22. The third-order valence-corrected chi connectivity index (χ3v) is 9.01. The second-order valence-electron chi connectivity index (χ2n) is 7.55. The molecule has 0 aliphatic carbocycles. The van der Waals surface area contributed by atoms with Gasteiger partial charge in [-0.05, 0) is 57.9 Å². The third-order valence-electron chi connectivity index (χ3n) is 5.01. The fraction of sp³-hybridized carbons (Fsp3) is 0.381. The van der Waals surface area contributed by atoms with Gasteiger partial charge in [0.15, 0.2) is 0 Å². The number of thioether (sulfide) groups is 1. The zero-order valence-electron chi connectivity index (χ0n) is 18.6. The van der Waals surface area contributed by atoms with E-state index in [1.807, 2.05) is 27.7 Å². The maximum atomic E-state index is 12.9. The Hall–Kier alpha value is -2.01. The van der Waals surface area contributed by atoms with Crippen molar-refractivity contribution in [2.24, 2.45) is 0 Å². The number of carbonyl (C=O) groups is 1. The lowest BCUT2D eigenvalue weighted by molar-refractivity contribution is -0.115. The monoisotopic (exact) mass is 478 g/mol. The van der Waals surface area contributed by atoms with E-state index in [-0.39, 0.29) is 10.8 Å². The highest BCUT2D eigenvalue weighted by atomic mass is 32.2. The molecule has 2 heterocycles. The van der Waals surface area contributed by atoms with E-state index in [2.05, 4.69) is 22.2 Å². The van der Waals surface area contributed by atoms with Crippen LogP contribution in [0.1, 0.15) is 28.8 Å². The highest BCUT2D eigenvalue weighted by Crippen LogP contribution is 2.36. The Morgan fingerprint density at radius 1 is 1.16 bits per heavy atom. The fourth-order valence-corrected chi connectivity index (χ4v) is 6.08. The Balaban J connectivity index is 1.87. The number of anilines is 1. The van der Waals surface area contributed by atoms with Gasteiger partial charge < -0.3 is 5.32 Å². The maximum absolute atomic E-state index is 12.9. The van der Waals surface area contributed by atoms with Crippen LogP contribution in [0.2, 0.25) is 0 Å². The van der Waals surface area contributed by atoms with E-state index < -0.39 is 15.3 Å². The van der Waals surface area contributed by atoms with E-state index in [1.54, 1.807) is 23.5 Å². The molecule has 1 aromatic carbocycles. The van der Waals surface area contributed by atoms with Gasteiger partial charge in [-0.15, -0.1) is 11.3 Å². The molecule has 0 fully saturated rings. The summed E-state index contributed by atoms with van der Waals surface area (Å²) in [5.41, 5.74) is 2.40. The van der Waals surface area contributed by atoms with Crippen molar-refractivity contribution in [3.8, 4) is 0 Å². The predicted octanol–water partition coefficient (Wildman–Crippen LogP) is 4.29. The summed E-state index contributed by atoms with van der Waals surface area (Å²) >= 11 is 3.01. The number of aromatic nitrogens is 2. The van der Waals surface area contributed by atoms with Crippen molar-refractivity contribution >= 4 is 54.9 Å². The topological polar surface area (TPSA) is 92.3 Å². The second kappa shape index (κ2) is 8.85. The third kappa shape index (κ3) is 4.77. The van der Waals surface area contributed by atoms with Crippen LogP contribution in [0.3, 0.4) is 0 Å². The Bertz CT molecular complexity index is 1270. The van der Waals surface area contributed by atoms with Gasteiger partial charge in [0, 0.05) is 30.0 Å². The molecule has 1 atom stereocenters. The molecule has 10 heteroatoms. The van der Waals surface area contributed by atoms with Crippen molar-refractivity contribution in [2.75, 3.05) is 19.4 Å². The van der Waals surface area contributed by atoms with E-state index in [4.69, 9.17) is 0 Å². The number of hydrogen-bond donors (Lipinski definition) is 1. The molecule has 0 saturated carbocycles. The minimum absolute atomic E-state index is 0.135. The number of fused-ring (bicyclic) bond motifs is 1. The van der Waals surface area contributed by atoms with Gasteiger partial charge in [-0.3, -0.25) is 4.79 Å². The molecule has 1 N–H and O–H groups in total. The van der Waals surface area contributed by atoms with E-state index in [1.165, 1.54) is 36.8 Å². The average molecular weight is 479 g/mol. The van der Waals surface area contributed by atoms with Crippen molar-refractivity contribution < 1.29 is 13.2 Å². The normalized spacial score (nSPS) is 13.0. The SMILES string of the molecule is Cc1nc(SC(C)C(=O)Nc2cc(S(=O)(=O)N(C)C)ccc2C)c2c(C)c(C)sc2n1. The van der Waals surface area contributed by atoms with Crippen LogP contribution in [0.15, 0.2) is 28.1 Å². The quantitative estimate of drug-likeness (QED) is 0.420. The number of benzene rings is 1. The summed E-state index contributed by atoms with van der Waals surface area (Å²) in [6, 6.07) is 4.73. The molecule has 31 heavy (non-hydrogen) atoms. The number of thiophene rings is 1. The molecule has 2 aromatic heterocycles. The Kier molecular flexibility index (Phi) is 6.75. The van der Waals surface area contributed by atoms with E-state index in [0.717, 1.165) is 30.7 Å². The molecule has 0 saturated heterocycles. The molecule has 166 valence electrons. The summed E-state index contributed by atoms with van der Waals surface area (Å²) in [7, 11) is -0.637. The van der Waals surface area contributed by atoms with Gasteiger partial charge in [0.1, 0.15) is 15.7 Å². The maximum Gasteiger partial charge on any atom is 0.242 e. The van der Waals surface area contributed by atoms with Crippen LogP contribution in [0.25, 0.3) is 10.2 Å². The Morgan fingerprint density at radius 2 is 1.84 bits per heavy atom. The molecule has 0 aliphatic heterocycles. The fourth-order valence-electron chi connectivity index (χ4n) is 2.96. The number of rotatable bonds is 6. The summed E-state index contributed by atoms with van der Waals surface area (Å²) < 4.78 is 26.0. The zero-order valence-corrected chi connectivity index (χ0v) is 21.1. The van der Waals surface area contributed by atoms with Crippen molar-refractivity contribution in [1.29, 1.82) is 0 Å². The Morgan fingerprint density at radius 3 is 2.48 bits per heavy atom. The zero-order chi connectivity index (χ0) is 23.1. The molecule has 0 bridgehead atoms. The first kappa shape index (κ1) is 23.6. The molecule has 3 rings (SSSR count). The van der Waals surface area contributed by atoms with E-state index in [9.17, 15) is 13.2 Å². The van der Waals surface area contributed by atoms with Gasteiger partial charge in [-0.2, -0.15) is 0 Å². The van der Waals surface area contributed by atoms with Crippen LogP contribution in [0.5, 0.6) is 0 Å². The van der Waals surface area contributed by atoms with Crippen molar-refractivity contribution in [2.45, 2.75) is 49.8 Å². The van der Waals surface area contributed by atoms with Crippen molar-refractivity contribution in [3.05, 3.63) is 40.0 Å². The average Bonchev–Trinajstić information content (AvgIpc) is 2.96. The summed E-state index contributed by atoms with van der Waals surface area (Å²) in [6.45, 7) is 9.58. The lowest BCUT2D eigenvalue weighted by atomic mass is 10.2. The van der Waals surface area contributed by atoms with Crippen LogP contribution in [0.4, 0.5) is 5.69 Å². The van der Waals surface area contributed by atoms with Crippen LogP contribution < -0.4 is 5.32 Å². The van der Waals surface area contributed by atoms with Crippen molar-refractivity contribution in [3.63, 3.8) is 0 Å². The molecule has 0 spiro atoms. The molecular formula is C21H26N4O3S3. The van der Waals surface area contributed by atoms with Gasteiger partial charge >= 0.3 is 0 Å². The highest BCUT2D eigenvalue weighted by molar-refractivity contribution is 8.00. The van der Waals surface area contributed by atoms with E-state index in [0.29, 0.717) is 11.5 Å². The molecule has 3 aromatic rings. The van der Waals surface area contributed by atoms with Gasteiger partial charge in [-0.1, -0.05) is 17.8 Å². The molecular weight excluding hydrogens is 452 g/mol. The smallest absolute Gasteiger partial charge is 0.242 e. The summed E-state index contributed by atoms with van der Waals surface area (Å²) in [5, 5.41) is 4.22. The van der Waals surface area contributed by atoms with Crippen LogP contribution in [-0.2, 0) is 14.8 Å². The largest absolute Gasteiger partial charge is 0.325 e. The number of carbonyl (C=O) groups excluding carboxylic acids is 1. The number of nitrogens with zero attached hydrogens (tertiary/aromatic N) is 3. The van der Waals surface area contributed by atoms with Crippen molar-refractivity contribution in [1.82, 2.24) is 14.3 Å². The van der Waals surface area contributed by atoms with Gasteiger partial charge in [0.25, 0.3) is 0 Å². The molecule has 1 unspecified atom stereocenters. The van der Waals surface area contributed by atoms with Crippen LogP contribution >= 0.6 is 23.1 Å². The Labute approximate surface area is 191 Å². The molecule has 7 nitrogen and oxygen atoms in total. The van der Waals surface area contributed by atoms with E-state index >= 15 is 0 Å². The standard InChI is InChI=1S/C21H26N4O3S3/c1-11-8-9-16(31(27,28)25(6)7)10-17(11)24-19(26)14(4)30-21-18-12(2)13(3)29-20(18)22-15(5)23-21/h8-10,14H,1-7H3,(H,24,26). The van der Waals surface area contributed by atoms with Crippen LogP contribution in [-0.4, -0.2) is 47.9 Å². The first-order valence-electron chi connectivity index (χ1n) is 9.67.